The van der Waals surface area contributed by atoms with Crippen molar-refractivity contribution < 1.29 is 47.6 Å². The van der Waals surface area contributed by atoms with E-state index in [2.05, 4.69) is 8.83 Å². The first kappa shape index (κ1) is 20.9. The molecule has 1 aromatic rings. The number of nitrogens with one attached hydrogen (secondary N) is 1. The molecule has 1 saturated heterocycles. The Kier molecular flexibility index (Phi) is 5.90. The third-order valence-corrected chi connectivity index (χ3v) is 5.37. The van der Waals surface area contributed by atoms with Gasteiger partial charge in [0.2, 0.25) is 0 Å². The van der Waals surface area contributed by atoms with E-state index < -0.39 is 58.0 Å². The highest BCUT2D eigenvalue weighted by Gasteiger charge is 2.45. The minimum absolute atomic E-state index is 0.385. The van der Waals surface area contributed by atoms with E-state index in [-0.39, 0.29) is 5.69 Å². The van der Waals surface area contributed by atoms with Gasteiger partial charge in [0.1, 0.15) is 24.0 Å². The van der Waals surface area contributed by atoms with E-state index in [1.165, 1.54) is 0 Å². The molecule has 1 aromatic heterocycles. The Morgan fingerprint density at radius 3 is 2.42 bits per heavy atom. The molecule has 5 atom stereocenters. The lowest BCUT2D eigenvalue weighted by molar-refractivity contribution is -0.0541. The van der Waals surface area contributed by atoms with Crippen LogP contribution in [0.25, 0.3) is 0 Å². The molecule has 26 heavy (non-hydrogen) atoms. The van der Waals surface area contributed by atoms with Crippen LogP contribution in [-0.2, 0) is 22.7 Å². The Bertz CT molecular complexity index is 875. The van der Waals surface area contributed by atoms with Gasteiger partial charge in [0, 0.05) is 6.20 Å². The monoisotopic (exact) mass is 419 g/mol. The summed E-state index contributed by atoms with van der Waals surface area (Å²) in [7, 11) is -10.5. The molecule has 0 spiro atoms. The van der Waals surface area contributed by atoms with Crippen molar-refractivity contribution in [2.75, 3.05) is 12.3 Å². The van der Waals surface area contributed by atoms with Crippen LogP contribution in [0.1, 0.15) is 6.23 Å². The molecule has 0 radical (unpaired) electrons. The number of aliphatic hydroxyl groups excluding tert-OH is 2. The van der Waals surface area contributed by atoms with Gasteiger partial charge in [-0.1, -0.05) is 0 Å². The summed E-state index contributed by atoms with van der Waals surface area (Å²) >= 11 is 0. The van der Waals surface area contributed by atoms with Crippen LogP contribution in [0.3, 0.4) is 0 Å². The fraction of sp³-hybridized carbons (Fsp3) is 0.556. The second-order valence-corrected chi connectivity index (χ2v) is 7.96. The van der Waals surface area contributed by atoms with Crippen LogP contribution >= 0.6 is 15.6 Å². The summed E-state index contributed by atoms with van der Waals surface area (Å²) in [6.45, 7) is -0.934. The highest BCUT2D eigenvalue weighted by molar-refractivity contribution is 7.60. The maximum atomic E-state index is 11.8. The molecule has 148 valence electrons. The van der Waals surface area contributed by atoms with E-state index >= 15 is 0 Å². The SMILES string of the molecule is Nc1cn([C@@H]2O[C@H](COP(=O)(O)OP(=O)(O)O)[C@@H](O)[C@H]2O)c(=O)[nH]c1=O. The summed E-state index contributed by atoms with van der Waals surface area (Å²) in [5, 5.41) is 19.9. The number of hydrogen-bond donors (Lipinski definition) is 7. The summed E-state index contributed by atoms with van der Waals surface area (Å²) in [5.74, 6) is 0. The Morgan fingerprint density at radius 2 is 1.85 bits per heavy atom. The topological polar surface area (TPSA) is 244 Å². The minimum atomic E-state index is -5.34. The van der Waals surface area contributed by atoms with Gasteiger partial charge in [-0.3, -0.25) is 18.9 Å². The van der Waals surface area contributed by atoms with E-state index in [9.17, 15) is 28.9 Å². The highest BCUT2D eigenvalue weighted by atomic mass is 31.3. The molecule has 0 aromatic carbocycles. The average Bonchev–Trinajstić information content (AvgIpc) is 2.75. The number of aliphatic hydroxyl groups is 2. The summed E-state index contributed by atoms with van der Waals surface area (Å²) in [4.78, 5) is 51.0. The Hall–Kier alpha value is -1.38. The molecular weight excluding hydrogens is 404 g/mol. The highest BCUT2D eigenvalue weighted by Crippen LogP contribution is 2.57. The number of nitrogens with two attached hydrogens (primary N) is 1. The van der Waals surface area contributed by atoms with Crippen molar-refractivity contribution in [3.63, 3.8) is 0 Å². The molecule has 2 heterocycles. The number of H-pyrrole nitrogens is 1. The summed E-state index contributed by atoms with van der Waals surface area (Å²) in [5.41, 5.74) is 3.08. The number of ether oxygens (including phenoxy) is 1. The molecule has 0 saturated carbocycles. The number of phosphoric ester groups is 1. The smallest absolute Gasteiger partial charge is 0.393 e. The second-order valence-electron chi connectivity index (χ2n) is 5.13. The van der Waals surface area contributed by atoms with Gasteiger partial charge in [0.25, 0.3) is 5.56 Å². The quantitative estimate of drug-likeness (QED) is 0.227. The number of hydrogen-bond acceptors (Lipinski definition) is 10. The molecule has 0 aliphatic carbocycles. The third kappa shape index (κ3) is 4.86. The molecule has 0 amide bonds. The molecule has 0 bridgehead atoms. The second kappa shape index (κ2) is 7.32. The zero-order chi connectivity index (χ0) is 19.9. The van der Waals surface area contributed by atoms with Gasteiger partial charge in [-0.2, -0.15) is 4.31 Å². The third-order valence-electron chi connectivity index (χ3n) is 3.22. The first-order valence-corrected chi connectivity index (χ1v) is 9.70. The van der Waals surface area contributed by atoms with Gasteiger partial charge in [-0.25, -0.2) is 13.9 Å². The number of phosphoric acid groups is 2. The number of nitrogen functional groups attached to an aromatic ring is 1. The summed E-state index contributed by atoms with van der Waals surface area (Å²) in [6.07, 6.45) is -5.62. The Balaban J connectivity index is 2.14. The van der Waals surface area contributed by atoms with Crippen molar-refractivity contribution in [2.24, 2.45) is 0 Å². The van der Waals surface area contributed by atoms with Crippen LogP contribution in [0.5, 0.6) is 0 Å². The number of nitrogens with zero attached hydrogens (tertiary/aromatic N) is 1. The van der Waals surface area contributed by atoms with Gasteiger partial charge >= 0.3 is 21.3 Å². The van der Waals surface area contributed by atoms with Crippen molar-refractivity contribution in [3.05, 3.63) is 27.0 Å². The maximum absolute atomic E-state index is 11.8. The fourth-order valence-corrected chi connectivity index (χ4v) is 3.71. The van der Waals surface area contributed by atoms with Crippen LogP contribution in [0.2, 0.25) is 0 Å². The van der Waals surface area contributed by atoms with Crippen molar-refractivity contribution in [2.45, 2.75) is 24.5 Å². The number of aromatic nitrogens is 2. The molecular formula is C9H15N3O12P2. The molecule has 1 fully saturated rings. The largest absolute Gasteiger partial charge is 0.481 e. The van der Waals surface area contributed by atoms with Gasteiger partial charge < -0.3 is 35.4 Å². The molecule has 17 heteroatoms. The molecule has 1 aliphatic rings. The van der Waals surface area contributed by atoms with E-state index in [4.69, 9.17) is 25.2 Å². The van der Waals surface area contributed by atoms with Crippen LogP contribution in [0.15, 0.2) is 15.8 Å². The van der Waals surface area contributed by atoms with E-state index in [1.54, 1.807) is 0 Å². The zero-order valence-electron chi connectivity index (χ0n) is 12.6. The number of rotatable bonds is 6. The number of aromatic amines is 1. The lowest BCUT2D eigenvalue weighted by atomic mass is 10.1. The van der Waals surface area contributed by atoms with Crippen LogP contribution in [-0.4, -0.2) is 59.4 Å². The van der Waals surface area contributed by atoms with Crippen molar-refractivity contribution in [3.8, 4) is 0 Å². The number of anilines is 1. The fourth-order valence-electron chi connectivity index (χ4n) is 2.11. The normalized spacial score (nSPS) is 28.8. The van der Waals surface area contributed by atoms with Gasteiger partial charge in [-0.15, -0.1) is 0 Å². The first-order valence-electron chi connectivity index (χ1n) is 6.67. The lowest BCUT2D eigenvalue weighted by Crippen LogP contribution is -2.38. The standard InChI is InChI=1S/C9H15N3O12P2/c10-3-1-12(9(16)11-7(3)15)8-6(14)5(13)4(23-8)2-22-26(20,21)24-25(17,18)19/h1,4-6,8,13-14H,2,10H2,(H,20,21)(H,11,15,16)(H2,17,18,19)/t4-,5-,6-,8-/m1/s1. The van der Waals surface area contributed by atoms with Crippen LogP contribution < -0.4 is 17.0 Å². The predicted molar refractivity (Wildman–Crippen MR) is 80.6 cm³/mol. The molecule has 15 nitrogen and oxygen atoms in total. The van der Waals surface area contributed by atoms with Gasteiger partial charge in [0.05, 0.1) is 6.61 Å². The average molecular weight is 419 g/mol. The van der Waals surface area contributed by atoms with Crippen molar-refractivity contribution in [1.29, 1.82) is 0 Å². The Labute approximate surface area is 143 Å². The first-order chi connectivity index (χ1) is 11.8. The maximum Gasteiger partial charge on any atom is 0.481 e. The summed E-state index contributed by atoms with van der Waals surface area (Å²) in [6, 6.07) is 0. The molecule has 1 unspecified atom stereocenters. The van der Waals surface area contributed by atoms with Gasteiger partial charge in [0.15, 0.2) is 6.23 Å². The Morgan fingerprint density at radius 1 is 1.23 bits per heavy atom. The summed E-state index contributed by atoms with van der Waals surface area (Å²) < 4.78 is 35.6. The zero-order valence-corrected chi connectivity index (χ0v) is 14.4. The van der Waals surface area contributed by atoms with Crippen LogP contribution in [0.4, 0.5) is 5.69 Å². The molecule has 2 rings (SSSR count). The van der Waals surface area contributed by atoms with E-state index in [1.807, 2.05) is 4.98 Å². The van der Waals surface area contributed by atoms with E-state index in [0.29, 0.717) is 4.57 Å². The molecule has 1 aliphatic heterocycles. The van der Waals surface area contributed by atoms with Crippen molar-refractivity contribution >= 4 is 21.3 Å². The molecule has 8 N–H and O–H groups in total. The predicted octanol–water partition coefficient (Wildman–Crippen LogP) is -3.04. The van der Waals surface area contributed by atoms with Gasteiger partial charge in [-0.05, 0) is 0 Å². The minimum Gasteiger partial charge on any atom is -0.393 e. The van der Waals surface area contributed by atoms with E-state index in [0.717, 1.165) is 6.20 Å². The van der Waals surface area contributed by atoms with Crippen molar-refractivity contribution in [1.82, 2.24) is 9.55 Å². The van der Waals surface area contributed by atoms with Crippen LogP contribution in [0, 0.1) is 0 Å². The lowest BCUT2D eigenvalue weighted by Gasteiger charge is -2.18.